The number of hydrogen-bond acceptors (Lipinski definition) is 2. The SMILES string of the molecule is CC(N)CCCOCC(F)(F)F. The molecule has 0 bridgehead atoms. The highest BCUT2D eigenvalue weighted by Gasteiger charge is 2.27. The summed E-state index contributed by atoms with van der Waals surface area (Å²) in [6.07, 6.45) is -2.94. The van der Waals surface area contributed by atoms with Crippen LogP contribution in [0.2, 0.25) is 0 Å². The second-order valence-corrected chi connectivity index (χ2v) is 2.79. The zero-order chi connectivity index (χ0) is 9.61. The van der Waals surface area contributed by atoms with Gasteiger partial charge in [-0.05, 0) is 19.8 Å². The van der Waals surface area contributed by atoms with E-state index in [0.717, 1.165) is 0 Å². The van der Waals surface area contributed by atoms with Gasteiger partial charge in [-0.3, -0.25) is 0 Å². The molecule has 0 aromatic heterocycles. The monoisotopic (exact) mass is 185 g/mol. The molecule has 0 aliphatic heterocycles. The summed E-state index contributed by atoms with van der Waals surface area (Å²) in [6, 6.07) is 0.0273. The summed E-state index contributed by atoms with van der Waals surface area (Å²) in [5.41, 5.74) is 5.38. The third kappa shape index (κ3) is 9.71. The van der Waals surface area contributed by atoms with Crippen molar-refractivity contribution in [2.24, 2.45) is 5.73 Å². The molecule has 2 nitrogen and oxygen atoms in total. The molecule has 1 unspecified atom stereocenters. The molecule has 0 heterocycles. The van der Waals surface area contributed by atoms with Gasteiger partial charge < -0.3 is 10.5 Å². The molecule has 1 atom stereocenters. The summed E-state index contributed by atoms with van der Waals surface area (Å²) in [6.45, 7) is 0.775. The minimum absolute atomic E-state index is 0.0273. The van der Waals surface area contributed by atoms with E-state index >= 15 is 0 Å². The van der Waals surface area contributed by atoms with Crippen molar-refractivity contribution in [1.82, 2.24) is 0 Å². The maximum atomic E-state index is 11.5. The quantitative estimate of drug-likeness (QED) is 0.661. The van der Waals surface area contributed by atoms with Crippen molar-refractivity contribution in [3.63, 3.8) is 0 Å². The second kappa shape index (κ2) is 5.37. The number of ether oxygens (including phenoxy) is 1. The van der Waals surface area contributed by atoms with Gasteiger partial charge in [0.2, 0.25) is 0 Å². The molecule has 74 valence electrons. The van der Waals surface area contributed by atoms with E-state index in [-0.39, 0.29) is 12.6 Å². The van der Waals surface area contributed by atoms with Crippen LogP contribution < -0.4 is 5.73 Å². The van der Waals surface area contributed by atoms with Gasteiger partial charge >= 0.3 is 6.18 Å². The first-order valence-electron chi connectivity index (χ1n) is 3.82. The molecule has 0 aromatic rings. The minimum Gasteiger partial charge on any atom is -0.372 e. The van der Waals surface area contributed by atoms with Crippen LogP contribution in [0.15, 0.2) is 0 Å². The number of alkyl halides is 3. The van der Waals surface area contributed by atoms with Crippen molar-refractivity contribution in [3.8, 4) is 0 Å². The molecule has 0 aliphatic carbocycles. The van der Waals surface area contributed by atoms with Crippen LogP contribution in [-0.2, 0) is 4.74 Å². The van der Waals surface area contributed by atoms with Gasteiger partial charge in [0.15, 0.2) is 0 Å². The largest absolute Gasteiger partial charge is 0.411 e. The van der Waals surface area contributed by atoms with Gasteiger partial charge in [0.1, 0.15) is 6.61 Å². The fourth-order valence-corrected chi connectivity index (χ4v) is 0.695. The van der Waals surface area contributed by atoms with Crippen molar-refractivity contribution in [2.45, 2.75) is 32.0 Å². The van der Waals surface area contributed by atoms with Crippen LogP contribution in [0.4, 0.5) is 13.2 Å². The van der Waals surface area contributed by atoms with Gasteiger partial charge in [-0.1, -0.05) is 0 Å². The normalized spacial score (nSPS) is 14.8. The summed E-state index contributed by atoms with van der Waals surface area (Å²) in [4.78, 5) is 0. The summed E-state index contributed by atoms with van der Waals surface area (Å²) < 4.78 is 38.8. The predicted octanol–water partition coefficient (Wildman–Crippen LogP) is 1.69. The third-order valence-corrected chi connectivity index (χ3v) is 1.21. The van der Waals surface area contributed by atoms with E-state index < -0.39 is 12.8 Å². The van der Waals surface area contributed by atoms with Gasteiger partial charge in [-0.25, -0.2) is 0 Å². The number of rotatable bonds is 5. The Labute approximate surface area is 69.9 Å². The molecule has 0 rings (SSSR count). The van der Waals surface area contributed by atoms with E-state index in [9.17, 15) is 13.2 Å². The zero-order valence-electron chi connectivity index (χ0n) is 7.03. The first-order valence-corrected chi connectivity index (χ1v) is 3.82. The lowest BCUT2D eigenvalue weighted by Crippen LogP contribution is -2.19. The average Bonchev–Trinajstić information content (AvgIpc) is 1.83. The first kappa shape index (κ1) is 11.7. The van der Waals surface area contributed by atoms with E-state index in [1.54, 1.807) is 0 Å². The van der Waals surface area contributed by atoms with Gasteiger partial charge in [0.25, 0.3) is 0 Å². The highest BCUT2D eigenvalue weighted by Crippen LogP contribution is 2.14. The van der Waals surface area contributed by atoms with Crippen LogP contribution in [-0.4, -0.2) is 25.4 Å². The van der Waals surface area contributed by atoms with E-state index in [1.807, 2.05) is 6.92 Å². The highest BCUT2D eigenvalue weighted by molar-refractivity contribution is 4.52. The minimum atomic E-state index is -4.21. The molecule has 0 fully saturated rings. The standard InChI is InChI=1S/C7H14F3NO/c1-6(11)3-2-4-12-5-7(8,9)10/h6H,2-5,11H2,1H3. The van der Waals surface area contributed by atoms with Gasteiger partial charge in [-0.15, -0.1) is 0 Å². The van der Waals surface area contributed by atoms with Crippen LogP contribution in [0.3, 0.4) is 0 Å². The molecule has 0 aromatic carbocycles. The van der Waals surface area contributed by atoms with Crippen LogP contribution in [0.5, 0.6) is 0 Å². The van der Waals surface area contributed by atoms with Gasteiger partial charge in [0.05, 0.1) is 0 Å². The van der Waals surface area contributed by atoms with Crippen molar-refractivity contribution in [1.29, 1.82) is 0 Å². The summed E-state index contributed by atoms with van der Waals surface area (Å²) >= 11 is 0. The topological polar surface area (TPSA) is 35.2 Å². The highest BCUT2D eigenvalue weighted by atomic mass is 19.4. The molecule has 0 saturated carbocycles. The Morgan fingerprint density at radius 1 is 1.42 bits per heavy atom. The van der Waals surface area contributed by atoms with E-state index in [4.69, 9.17) is 5.73 Å². The van der Waals surface area contributed by atoms with Crippen LogP contribution >= 0.6 is 0 Å². The molecule has 0 aliphatic rings. The fourth-order valence-electron chi connectivity index (χ4n) is 0.695. The molecule has 0 spiro atoms. The molecular formula is C7H14F3NO. The van der Waals surface area contributed by atoms with Crippen molar-refractivity contribution in [3.05, 3.63) is 0 Å². The molecule has 12 heavy (non-hydrogen) atoms. The Kier molecular flexibility index (Phi) is 5.24. The number of hydrogen-bond donors (Lipinski definition) is 1. The Morgan fingerprint density at radius 3 is 2.42 bits per heavy atom. The lowest BCUT2D eigenvalue weighted by Gasteiger charge is -2.08. The molecule has 0 radical (unpaired) electrons. The number of halogens is 3. The summed E-state index contributed by atoms with van der Waals surface area (Å²) in [5, 5.41) is 0. The molecular weight excluding hydrogens is 171 g/mol. The maximum Gasteiger partial charge on any atom is 0.411 e. The lowest BCUT2D eigenvalue weighted by molar-refractivity contribution is -0.174. The van der Waals surface area contributed by atoms with Crippen LogP contribution in [0.25, 0.3) is 0 Å². The maximum absolute atomic E-state index is 11.5. The predicted molar refractivity (Wildman–Crippen MR) is 39.8 cm³/mol. The molecule has 5 heteroatoms. The Hall–Kier alpha value is -0.290. The van der Waals surface area contributed by atoms with E-state index in [1.165, 1.54) is 0 Å². The Morgan fingerprint density at radius 2 is 2.00 bits per heavy atom. The van der Waals surface area contributed by atoms with Crippen LogP contribution in [0, 0.1) is 0 Å². The van der Waals surface area contributed by atoms with Crippen molar-refractivity contribution in [2.75, 3.05) is 13.2 Å². The fraction of sp³-hybridized carbons (Fsp3) is 1.00. The average molecular weight is 185 g/mol. The third-order valence-electron chi connectivity index (χ3n) is 1.21. The molecule has 0 amide bonds. The van der Waals surface area contributed by atoms with Crippen molar-refractivity contribution >= 4 is 0 Å². The smallest absolute Gasteiger partial charge is 0.372 e. The molecule has 0 saturated heterocycles. The van der Waals surface area contributed by atoms with E-state index in [2.05, 4.69) is 4.74 Å². The summed E-state index contributed by atoms with van der Waals surface area (Å²) in [5.74, 6) is 0. The zero-order valence-corrected chi connectivity index (χ0v) is 7.03. The number of nitrogens with two attached hydrogens (primary N) is 1. The molecule has 2 N–H and O–H groups in total. The van der Waals surface area contributed by atoms with Crippen LogP contribution in [0.1, 0.15) is 19.8 Å². The Balaban J connectivity index is 3.12. The van der Waals surface area contributed by atoms with Gasteiger partial charge in [0, 0.05) is 12.6 Å². The Bertz CT molecular complexity index is 114. The van der Waals surface area contributed by atoms with Gasteiger partial charge in [-0.2, -0.15) is 13.2 Å². The summed E-state index contributed by atoms with van der Waals surface area (Å²) in [7, 11) is 0. The van der Waals surface area contributed by atoms with Crippen molar-refractivity contribution < 1.29 is 17.9 Å². The first-order chi connectivity index (χ1) is 5.42. The van der Waals surface area contributed by atoms with E-state index in [0.29, 0.717) is 12.8 Å². The lowest BCUT2D eigenvalue weighted by atomic mass is 10.2. The second-order valence-electron chi connectivity index (χ2n) is 2.79.